The van der Waals surface area contributed by atoms with Crippen molar-refractivity contribution in [2.45, 2.75) is 25.3 Å². The summed E-state index contributed by atoms with van der Waals surface area (Å²) in [5.74, 6) is 0.369. The summed E-state index contributed by atoms with van der Waals surface area (Å²) in [6.45, 7) is 1.16. The van der Waals surface area contributed by atoms with E-state index >= 15 is 0 Å². The van der Waals surface area contributed by atoms with E-state index in [2.05, 4.69) is 42.5 Å². The van der Waals surface area contributed by atoms with Gasteiger partial charge in [-0.15, -0.1) is 0 Å². The van der Waals surface area contributed by atoms with Crippen molar-refractivity contribution < 1.29 is 9.18 Å². The minimum absolute atomic E-state index is 0.233. The molecule has 0 radical (unpaired) electrons. The lowest BCUT2D eigenvalue weighted by molar-refractivity contribution is 0.0949. The van der Waals surface area contributed by atoms with E-state index in [4.69, 9.17) is 16.6 Å². The number of anilines is 2. The fourth-order valence-corrected chi connectivity index (χ4v) is 4.50. The molecule has 0 saturated heterocycles. The zero-order valence-electron chi connectivity index (χ0n) is 18.0. The number of nitrogens with zero attached hydrogens (tertiary/aromatic N) is 3. The number of benzene rings is 2. The average Bonchev–Trinajstić information content (AvgIpc) is 3.60. The summed E-state index contributed by atoms with van der Waals surface area (Å²) in [6, 6.07) is 14.5. The first kappa shape index (κ1) is 20.9. The Hall–Kier alpha value is -2.96. The van der Waals surface area contributed by atoms with Crippen LogP contribution in [0.1, 0.15) is 40.2 Å². The number of rotatable bonds is 5. The molecule has 2 heterocycles. The summed E-state index contributed by atoms with van der Waals surface area (Å²) in [4.78, 5) is 21.5. The molecule has 1 aliphatic heterocycles. The minimum Gasteiger partial charge on any atom is -0.334 e. The maximum absolute atomic E-state index is 14.5. The first-order valence-electron chi connectivity index (χ1n) is 10.7. The lowest BCUT2D eigenvalue weighted by Crippen LogP contribution is -2.42. The number of nitrogens with one attached hydrogen (secondary N) is 1. The molecule has 1 fully saturated rings. The van der Waals surface area contributed by atoms with Crippen LogP contribution in [0.4, 0.5) is 15.9 Å². The molecule has 1 amide bonds. The monoisotopic (exact) mass is 450 g/mol. The second-order valence-corrected chi connectivity index (χ2v) is 9.07. The predicted molar refractivity (Wildman–Crippen MR) is 125 cm³/mol. The number of amides is 1. The van der Waals surface area contributed by atoms with Gasteiger partial charge in [-0.05, 0) is 68.2 Å². The number of hydrogen-bond donors (Lipinski definition) is 1. The third kappa shape index (κ3) is 3.85. The molecule has 2 aliphatic rings. The number of halogens is 2. The largest absolute Gasteiger partial charge is 0.334 e. The van der Waals surface area contributed by atoms with Crippen LogP contribution >= 0.6 is 11.6 Å². The Morgan fingerprint density at radius 1 is 1.16 bits per heavy atom. The maximum Gasteiger partial charge on any atom is 0.256 e. The van der Waals surface area contributed by atoms with Gasteiger partial charge in [-0.1, -0.05) is 35.9 Å². The molecule has 5 nitrogen and oxygen atoms in total. The Bertz CT molecular complexity index is 1210. The highest BCUT2D eigenvalue weighted by Crippen LogP contribution is 2.47. The second kappa shape index (κ2) is 8.19. The molecule has 0 atom stereocenters. The van der Waals surface area contributed by atoms with Crippen molar-refractivity contribution >= 4 is 29.0 Å². The van der Waals surface area contributed by atoms with Crippen LogP contribution in [0.3, 0.4) is 0 Å². The number of carbonyl (C=O) groups excluding carboxylic acids is 1. The predicted octanol–water partition coefficient (Wildman–Crippen LogP) is 5.32. The molecule has 1 saturated carbocycles. The minimum atomic E-state index is -0.402. The van der Waals surface area contributed by atoms with Gasteiger partial charge in [-0.3, -0.25) is 4.79 Å². The average molecular weight is 451 g/mol. The molecule has 1 N–H and O–H groups in total. The summed E-state index contributed by atoms with van der Waals surface area (Å²) >= 11 is 6.46. The Labute approximate surface area is 191 Å². The van der Waals surface area contributed by atoms with E-state index in [1.165, 1.54) is 17.2 Å². The third-order valence-electron chi connectivity index (χ3n) is 5.88. The number of fused-ring (bicyclic) bond motifs is 1. The van der Waals surface area contributed by atoms with E-state index in [1.54, 1.807) is 24.3 Å². The van der Waals surface area contributed by atoms with Crippen molar-refractivity contribution in [3.63, 3.8) is 0 Å². The number of hydrogen-bond acceptors (Lipinski definition) is 4. The van der Waals surface area contributed by atoms with Gasteiger partial charge in [0, 0.05) is 17.8 Å². The standard InChI is InChI=1S/C25H24ClFN4O/c1-30(2)13-15-7-10-22(18(11-15)16-8-9-16)31-14-28-25(32)19-12-20(26)23(29-24(19)31)17-5-3-4-6-21(17)27/h3-7,10-12,16H,8-9,13-14H2,1-2H3,(H,28,32). The first-order valence-corrected chi connectivity index (χ1v) is 11.1. The molecule has 3 aromatic rings. The Morgan fingerprint density at radius 3 is 2.66 bits per heavy atom. The molecule has 32 heavy (non-hydrogen) atoms. The molecule has 5 rings (SSSR count). The lowest BCUT2D eigenvalue weighted by atomic mass is 10.0. The number of aromatic nitrogens is 1. The van der Waals surface area contributed by atoms with Crippen molar-refractivity contribution in [1.82, 2.24) is 15.2 Å². The summed E-state index contributed by atoms with van der Waals surface area (Å²) in [5.41, 5.74) is 4.56. The van der Waals surface area contributed by atoms with Crippen molar-refractivity contribution in [2.24, 2.45) is 0 Å². The lowest BCUT2D eigenvalue weighted by Gasteiger charge is -2.32. The normalized spacial score (nSPS) is 15.7. The van der Waals surface area contributed by atoms with Crippen LogP contribution < -0.4 is 10.2 Å². The molecule has 0 bridgehead atoms. The summed E-state index contributed by atoms with van der Waals surface area (Å²) < 4.78 is 14.5. The third-order valence-corrected chi connectivity index (χ3v) is 6.17. The molecule has 164 valence electrons. The smallest absolute Gasteiger partial charge is 0.256 e. The van der Waals surface area contributed by atoms with Crippen molar-refractivity contribution in [2.75, 3.05) is 25.7 Å². The fourth-order valence-electron chi connectivity index (χ4n) is 4.25. The van der Waals surface area contributed by atoms with Gasteiger partial charge in [0.05, 0.1) is 22.9 Å². The number of pyridine rings is 1. The van der Waals surface area contributed by atoms with Gasteiger partial charge in [0.25, 0.3) is 5.91 Å². The Kier molecular flexibility index (Phi) is 5.35. The van der Waals surface area contributed by atoms with Gasteiger partial charge in [0.15, 0.2) is 0 Å². The highest BCUT2D eigenvalue weighted by atomic mass is 35.5. The molecule has 2 aromatic carbocycles. The molecule has 7 heteroatoms. The van der Waals surface area contributed by atoms with E-state index in [1.807, 2.05) is 4.90 Å². The van der Waals surface area contributed by atoms with Gasteiger partial charge in [0.2, 0.25) is 0 Å². The Balaban J connectivity index is 1.64. The molecular weight excluding hydrogens is 427 g/mol. The van der Waals surface area contributed by atoms with Gasteiger partial charge >= 0.3 is 0 Å². The Morgan fingerprint density at radius 2 is 1.94 bits per heavy atom. The van der Waals surface area contributed by atoms with Gasteiger partial charge in [0.1, 0.15) is 11.6 Å². The molecule has 1 aliphatic carbocycles. The fraction of sp³-hybridized carbons (Fsp3) is 0.280. The van der Waals surface area contributed by atoms with E-state index in [0.717, 1.165) is 25.1 Å². The van der Waals surface area contributed by atoms with Crippen LogP contribution in [0.25, 0.3) is 11.3 Å². The van der Waals surface area contributed by atoms with E-state index in [0.29, 0.717) is 35.2 Å². The maximum atomic E-state index is 14.5. The molecule has 0 unspecified atom stereocenters. The second-order valence-electron chi connectivity index (χ2n) is 8.67. The van der Waals surface area contributed by atoms with E-state index < -0.39 is 5.82 Å². The van der Waals surface area contributed by atoms with Crippen molar-refractivity contribution in [3.8, 4) is 11.3 Å². The van der Waals surface area contributed by atoms with Crippen LogP contribution in [0.5, 0.6) is 0 Å². The molecule has 0 spiro atoms. The zero-order valence-corrected chi connectivity index (χ0v) is 18.8. The van der Waals surface area contributed by atoms with Crippen LogP contribution in [0, 0.1) is 5.82 Å². The van der Waals surface area contributed by atoms with E-state index in [-0.39, 0.29) is 10.9 Å². The highest BCUT2D eigenvalue weighted by molar-refractivity contribution is 6.33. The van der Waals surface area contributed by atoms with Crippen LogP contribution in [0.15, 0.2) is 48.5 Å². The van der Waals surface area contributed by atoms with Crippen molar-refractivity contribution in [3.05, 3.63) is 76.1 Å². The van der Waals surface area contributed by atoms with Crippen LogP contribution in [-0.4, -0.2) is 36.6 Å². The van der Waals surface area contributed by atoms with Crippen LogP contribution in [0.2, 0.25) is 5.02 Å². The van der Waals surface area contributed by atoms with E-state index in [9.17, 15) is 9.18 Å². The van der Waals surface area contributed by atoms with Gasteiger partial charge < -0.3 is 15.1 Å². The van der Waals surface area contributed by atoms with Gasteiger partial charge in [-0.25, -0.2) is 9.37 Å². The van der Waals surface area contributed by atoms with Crippen molar-refractivity contribution in [1.29, 1.82) is 0 Å². The molecule has 1 aromatic heterocycles. The van der Waals surface area contributed by atoms with Crippen LogP contribution in [-0.2, 0) is 6.54 Å². The topological polar surface area (TPSA) is 48.5 Å². The SMILES string of the molecule is CN(C)Cc1ccc(N2CNC(=O)c3cc(Cl)c(-c4ccccc4F)nc32)c(C2CC2)c1. The highest BCUT2D eigenvalue weighted by Gasteiger charge is 2.33. The first-order chi connectivity index (χ1) is 15.4. The molecular formula is C25H24ClFN4O. The summed E-state index contributed by atoms with van der Waals surface area (Å²) in [5, 5.41) is 3.17. The van der Waals surface area contributed by atoms with Gasteiger partial charge in [-0.2, -0.15) is 0 Å². The zero-order chi connectivity index (χ0) is 22.4. The number of carbonyl (C=O) groups is 1. The quantitative estimate of drug-likeness (QED) is 0.571. The summed E-state index contributed by atoms with van der Waals surface area (Å²) in [6.07, 6.45) is 2.31. The summed E-state index contributed by atoms with van der Waals surface area (Å²) in [7, 11) is 4.11.